The summed E-state index contributed by atoms with van der Waals surface area (Å²) in [4.78, 5) is 14.8. The third-order valence-corrected chi connectivity index (χ3v) is 5.82. The smallest absolute Gasteiger partial charge is 0.325 e. The normalized spacial score (nSPS) is 24.3. The maximum absolute atomic E-state index is 12.3. The summed E-state index contributed by atoms with van der Waals surface area (Å²) in [7, 11) is 1.49. The van der Waals surface area contributed by atoms with Crippen LogP contribution in [0.2, 0.25) is 0 Å². The Hall–Kier alpha value is -0.650. The summed E-state index contributed by atoms with van der Waals surface area (Å²) in [5.41, 5.74) is -0.294. The van der Waals surface area contributed by atoms with E-state index in [2.05, 4.69) is 17.1 Å². The van der Waals surface area contributed by atoms with Crippen LogP contribution in [-0.4, -0.2) is 62.9 Å². The first-order chi connectivity index (χ1) is 11.5. The Kier molecular flexibility index (Phi) is 7.51. The second-order valence-corrected chi connectivity index (χ2v) is 7.88. The summed E-state index contributed by atoms with van der Waals surface area (Å²) in [5.74, 6) is -0.137. The third kappa shape index (κ3) is 5.17. The van der Waals surface area contributed by atoms with Crippen LogP contribution < -0.4 is 5.32 Å². The molecule has 0 bridgehead atoms. The van der Waals surface area contributed by atoms with Crippen molar-refractivity contribution in [3.8, 4) is 0 Å². The Bertz CT molecular complexity index is 390. The minimum atomic E-state index is -0.570. The van der Waals surface area contributed by atoms with E-state index >= 15 is 0 Å². The number of rotatable bonds is 8. The molecule has 0 unspecified atom stereocenters. The van der Waals surface area contributed by atoms with Gasteiger partial charge in [0.1, 0.15) is 5.54 Å². The van der Waals surface area contributed by atoms with Gasteiger partial charge in [0.15, 0.2) is 0 Å². The molecule has 0 aromatic heterocycles. The van der Waals surface area contributed by atoms with Crippen molar-refractivity contribution in [1.82, 2.24) is 10.2 Å². The molecule has 2 rings (SSSR count). The fraction of sp³-hybridized carbons (Fsp3) is 0.947. The maximum Gasteiger partial charge on any atom is 0.325 e. The van der Waals surface area contributed by atoms with Gasteiger partial charge in [-0.1, -0.05) is 32.6 Å². The molecule has 0 aromatic rings. The predicted molar refractivity (Wildman–Crippen MR) is 96.1 cm³/mol. The molecule has 1 aliphatic carbocycles. The number of carbonyl (C=O) groups is 1. The molecule has 0 amide bonds. The summed E-state index contributed by atoms with van der Waals surface area (Å²) >= 11 is 0. The molecule has 1 aliphatic heterocycles. The van der Waals surface area contributed by atoms with E-state index < -0.39 is 5.54 Å². The number of methoxy groups -OCH3 is 1. The zero-order valence-corrected chi connectivity index (χ0v) is 15.9. The lowest BCUT2D eigenvalue weighted by atomic mass is 9.73. The molecule has 0 radical (unpaired) electrons. The highest BCUT2D eigenvalue weighted by atomic mass is 16.5. The Balaban J connectivity index is 2.02. The Morgan fingerprint density at radius 1 is 1.25 bits per heavy atom. The summed E-state index contributed by atoms with van der Waals surface area (Å²) in [6.07, 6.45) is 8.22. The summed E-state index contributed by atoms with van der Waals surface area (Å²) in [6, 6.07) is 0. The quantitative estimate of drug-likeness (QED) is 0.688. The molecule has 1 saturated carbocycles. The molecule has 0 spiro atoms. The highest BCUT2D eigenvalue weighted by Gasteiger charge is 2.39. The van der Waals surface area contributed by atoms with Gasteiger partial charge < -0.3 is 14.8 Å². The molecule has 5 heteroatoms. The van der Waals surface area contributed by atoms with Crippen molar-refractivity contribution in [2.45, 2.75) is 64.3 Å². The van der Waals surface area contributed by atoms with Crippen LogP contribution in [0.1, 0.15) is 58.8 Å². The van der Waals surface area contributed by atoms with Gasteiger partial charge in [0.25, 0.3) is 0 Å². The largest absolute Gasteiger partial charge is 0.468 e. The van der Waals surface area contributed by atoms with Crippen LogP contribution in [0.4, 0.5) is 0 Å². The first kappa shape index (κ1) is 19.7. The first-order valence-electron chi connectivity index (χ1n) is 9.67. The van der Waals surface area contributed by atoms with Gasteiger partial charge in [0.2, 0.25) is 0 Å². The fourth-order valence-corrected chi connectivity index (χ4v) is 4.30. The second kappa shape index (κ2) is 9.16. The molecule has 2 aliphatic rings. The number of morpholine rings is 1. The standard InChI is InChI=1S/C19H36N2O3/c1-4-8-18(2,17(22)23-3)20-15-19(9-6-5-7-10-19)16-21-11-13-24-14-12-21/h20H,4-16H2,1-3H3/t18-/m1/s1. The minimum absolute atomic E-state index is 0.137. The molecule has 1 heterocycles. The molecule has 24 heavy (non-hydrogen) atoms. The van der Waals surface area contributed by atoms with Crippen molar-refractivity contribution in [3.05, 3.63) is 0 Å². The molecule has 5 nitrogen and oxygen atoms in total. The van der Waals surface area contributed by atoms with E-state index in [-0.39, 0.29) is 11.4 Å². The Labute approximate surface area is 147 Å². The molecular weight excluding hydrogens is 304 g/mol. The third-order valence-electron chi connectivity index (χ3n) is 5.82. The van der Waals surface area contributed by atoms with Crippen molar-refractivity contribution in [1.29, 1.82) is 0 Å². The van der Waals surface area contributed by atoms with Crippen molar-refractivity contribution in [3.63, 3.8) is 0 Å². The van der Waals surface area contributed by atoms with E-state index in [1.54, 1.807) is 0 Å². The van der Waals surface area contributed by atoms with Gasteiger partial charge in [-0.15, -0.1) is 0 Å². The van der Waals surface area contributed by atoms with E-state index in [0.717, 1.165) is 52.2 Å². The van der Waals surface area contributed by atoms with E-state index in [1.165, 1.54) is 39.2 Å². The topological polar surface area (TPSA) is 50.8 Å². The van der Waals surface area contributed by atoms with Crippen molar-refractivity contribution in [2.75, 3.05) is 46.5 Å². The monoisotopic (exact) mass is 340 g/mol. The van der Waals surface area contributed by atoms with Crippen molar-refractivity contribution >= 4 is 5.97 Å². The summed E-state index contributed by atoms with van der Waals surface area (Å²) in [5, 5.41) is 3.62. The van der Waals surface area contributed by atoms with E-state index in [9.17, 15) is 4.79 Å². The maximum atomic E-state index is 12.3. The van der Waals surface area contributed by atoms with Gasteiger partial charge in [0, 0.05) is 26.2 Å². The number of nitrogens with zero attached hydrogens (tertiary/aromatic N) is 1. The molecule has 140 valence electrons. The fourth-order valence-electron chi connectivity index (χ4n) is 4.30. The van der Waals surface area contributed by atoms with Gasteiger partial charge in [-0.05, 0) is 31.6 Å². The molecule has 1 N–H and O–H groups in total. The van der Waals surface area contributed by atoms with Gasteiger partial charge in [-0.3, -0.25) is 9.69 Å². The predicted octanol–water partition coefficient (Wildman–Crippen LogP) is 2.59. The van der Waals surface area contributed by atoms with E-state index in [4.69, 9.17) is 9.47 Å². The van der Waals surface area contributed by atoms with E-state index in [0.29, 0.717) is 0 Å². The second-order valence-electron chi connectivity index (χ2n) is 7.88. The highest BCUT2D eigenvalue weighted by molar-refractivity contribution is 5.80. The Morgan fingerprint density at radius 2 is 1.92 bits per heavy atom. The van der Waals surface area contributed by atoms with Crippen LogP contribution in [-0.2, 0) is 14.3 Å². The van der Waals surface area contributed by atoms with Gasteiger partial charge in [0.05, 0.1) is 20.3 Å². The van der Waals surface area contributed by atoms with Crippen LogP contribution >= 0.6 is 0 Å². The zero-order chi connectivity index (χ0) is 17.5. The number of ether oxygens (including phenoxy) is 2. The van der Waals surface area contributed by atoms with Gasteiger partial charge in [-0.2, -0.15) is 0 Å². The van der Waals surface area contributed by atoms with Crippen molar-refractivity contribution < 1.29 is 14.3 Å². The SMILES string of the molecule is CCC[C@@](C)(NCC1(CN2CCOCC2)CCCCC1)C(=O)OC. The lowest BCUT2D eigenvalue weighted by Gasteiger charge is -2.44. The average Bonchev–Trinajstić information content (AvgIpc) is 2.61. The van der Waals surface area contributed by atoms with Crippen molar-refractivity contribution in [2.24, 2.45) is 5.41 Å². The summed E-state index contributed by atoms with van der Waals surface area (Å²) < 4.78 is 10.6. The molecule has 2 fully saturated rings. The highest BCUT2D eigenvalue weighted by Crippen LogP contribution is 2.37. The molecule has 0 aromatic carbocycles. The van der Waals surface area contributed by atoms with Crippen LogP contribution in [0.3, 0.4) is 0 Å². The van der Waals surface area contributed by atoms with Crippen LogP contribution in [0.25, 0.3) is 0 Å². The zero-order valence-electron chi connectivity index (χ0n) is 15.9. The van der Waals surface area contributed by atoms with Crippen LogP contribution in [0.5, 0.6) is 0 Å². The summed E-state index contributed by atoms with van der Waals surface area (Å²) in [6.45, 7) is 9.89. The number of carbonyl (C=O) groups excluding carboxylic acids is 1. The molecule has 1 saturated heterocycles. The van der Waals surface area contributed by atoms with Gasteiger partial charge in [-0.25, -0.2) is 0 Å². The van der Waals surface area contributed by atoms with Gasteiger partial charge >= 0.3 is 5.97 Å². The molecule has 1 atom stereocenters. The number of hydrogen-bond donors (Lipinski definition) is 1. The number of esters is 1. The minimum Gasteiger partial charge on any atom is -0.468 e. The number of nitrogens with one attached hydrogen (secondary N) is 1. The van der Waals surface area contributed by atoms with Crippen LogP contribution in [0, 0.1) is 5.41 Å². The lowest BCUT2D eigenvalue weighted by molar-refractivity contribution is -0.148. The first-order valence-corrected chi connectivity index (χ1v) is 9.67. The lowest BCUT2D eigenvalue weighted by Crippen LogP contribution is -2.56. The van der Waals surface area contributed by atoms with Crippen LogP contribution in [0.15, 0.2) is 0 Å². The molecular formula is C19H36N2O3. The number of hydrogen-bond acceptors (Lipinski definition) is 5. The average molecular weight is 341 g/mol. The van der Waals surface area contributed by atoms with E-state index in [1.807, 2.05) is 6.92 Å². The Morgan fingerprint density at radius 3 is 2.50 bits per heavy atom.